The Bertz CT molecular complexity index is 456. The first-order valence-electron chi connectivity index (χ1n) is 6.75. The van der Waals surface area contributed by atoms with Gasteiger partial charge in [0.05, 0.1) is 5.92 Å². The summed E-state index contributed by atoms with van der Waals surface area (Å²) in [6, 6.07) is 1.87. The molecule has 0 radical (unpaired) electrons. The SMILES string of the molecule is Cc1cc(NC(=O)[C@@H]2[C@@H](N)[C@@H]3CCCC[C@@H]32)n[nH]1. The number of H-pyrrole nitrogens is 1. The Morgan fingerprint density at radius 1 is 1.44 bits per heavy atom. The van der Waals surface area contributed by atoms with Crippen molar-refractivity contribution in [3.63, 3.8) is 0 Å². The van der Waals surface area contributed by atoms with Crippen molar-refractivity contribution in [2.45, 2.75) is 38.6 Å². The summed E-state index contributed by atoms with van der Waals surface area (Å²) in [5, 5.41) is 9.72. The van der Waals surface area contributed by atoms with Crippen molar-refractivity contribution < 1.29 is 4.79 Å². The summed E-state index contributed by atoms with van der Waals surface area (Å²) in [7, 11) is 0. The number of aromatic nitrogens is 2. The first-order valence-corrected chi connectivity index (χ1v) is 6.75. The Balaban J connectivity index is 1.66. The number of rotatable bonds is 2. The summed E-state index contributed by atoms with van der Waals surface area (Å²) in [5.74, 6) is 1.68. The summed E-state index contributed by atoms with van der Waals surface area (Å²) >= 11 is 0. The molecule has 4 atom stereocenters. The molecule has 98 valence electrons. The van der Waals surface area contributed by atoms with E-state index in [0.717, 1.165) is 12.1 Å². The maximum absolute atomic E-state index is 12.2. The van der Waals surface area contributed by atoms with Gasteiger partial charge in [0.2, 0.25) is 5.91 Å². The van der Waals surface area contributed by atoms with Gasteiger partial charge in [0.1, 0.15) is 0 Å². The zero-order valence-electron chi connectivity index (χ0n) is 10.6. The molecule has 18 heavy (non-hydrogen) atoms. The Kier molecular flexibility index (Phi) is 2.86. The summed E-state index contributed by atoms with van der Waals surface area (Å²) in [4.78, 5) is 12.2. The van der Waals surface area contributed by atoms with Gasteiger partial charge in [0.15, 0.2) is 5.82 Å². The largest absolute Gasteiger partial charge is 0.327 e. The number of carbonyl (C=O) groups excluding carboxylic acids is 1. The summed E-state index contributed by atoms with van der Waals surface area (Å²) in [5.41, 5.74) is 7.09. The van der Waals surface area contributed by atoms with Crippen LogP contribution in [0, 0.1) is 24.7 Å². The number of carbonyl (C=O) groups is 1. The second-order valence-electron chi connectivity index (χ2n) is 5.64. The normalized spacial score (nSPS) is 34.6. The fourth-order valence-corrected chi connectivity index (χ4v) is 3.58. The van der Waals surface area contributed by atoms with Crippen molar-refractivity contribution in [1.82, 2.24) is 10.2 Å². The molecular weight excluding hydrogens is 228 g/mol. The van der Waals surface area contributed by atoms with Crippen LogP contribution in [0.5, 0.6) is 0 Å². The molecule has 1 aromatic rings. The number of anilines is 1. The summed E-state index contributed by atoms with van der Waals surface area (Å²) in [6.45, 7) is 1.91. The molecule has 5 heteroatoms. The average Bonchev–Trinajstić information content (AvgIpc) is 2.74. The van der Waals surface area contributed by atoms with Gasteiger partial charge in [-0.3, -0.25) is 9.89 Å². The number of nitrogens with two attached hydrogens (primary N) is 1. The fourth-order valence-electron chi connectivity index (χ4n) is 3.58. The lowest BCUT2D eigenvalue weighted by molar-refractivity contribution is -0.132. The molecule has 0 aromatic carbocycles. The van der Waals surface area contributed by atoms with Crippen molar-refractivity contribution in [2.75, 3.05) is 5.32 Å². The molecule has 2 fully saturated rings. The number of aryl methyl sites for hydroxylation is 1. The van der Waals surface area contributed by atoms with Crippen LogP contribution in [0.3, 0.4) is 0 Å². The Morgan fingerprint density at radius 3 is 2.83 bits per heavy atom. The number of hydrogen-bond donors (Lipinski definition) is 3. The van der Waals surface area contributed by atoms with Crippen molar-refractivity contribution in [2.24, 2.45) is 23.5 Å². The molecule has 1 amide bonds. The van der Waals surface area contributed by atoms with E-state index in [4.69, 9.17) is 5.73 Å². The highest BCUT2D eigenvalue weighted by atomic mass is 16.2. The first-order chi connectivity index (χ1) is 8.66. The van der Waals surface area contributed by atoms with Crippen LogP contribution in [-0.4, -0.2) is 22.1 Å². The summed E-state index contributed by atoms with van der Waals surface area (Å²) in [6.07, 6.45) is 4.84. The first kappa shape index (κ1) is 11.7. The second-order valence-corrected chi connectivity index (χ2v) is 5.64. The monoisotopic (exact) mass is 248 g/mol. The maximum Gasteiger partial charge on any atom is 0.230 e. The van der Waals surface area contributed by atoms with Crippen molar-refractivity contribution in [1.29, 1.82) is 0 Å². The van der Waals surface area contributed by atoms with Gasteiger partial charge in [-0.2, -0.15) is 5.10 Å². The van der Waals surface area contributed by atoms with Crippen LogP contribution in [0.15, 0.2) is 6.07 Å². The van der Waals surface area contributed by atoms with Gasteiger partial charge >= 0.3 is 0 Å². The molecule has 2 aliphatic rings. The zero-order chi connectivity index (χ0) is 12.7. The van der Waals surface area contributed by atoms with Gasteiger partial charge in [-0.15, -0.1) is 0 Å². The lowest BCUT2D eigenvalue weighted by Gasteiger charge is -2.52. The molecule has 0 unspecified atom stereocenters. The minimum absolute atomic E-state index is 0.0210. The third-order valence-corrected chi connectivity index (χ3v) is 4.51. The molecule has 1 aromatic heterocycles. The molecule has 5 nitrogen and oxygen atoms in total. The average molecular weight is 248 g/mol. The molecule has 1 heterocycles. The van der Waals surface area contributed by atoms with Crippen molar-refractivity contribution >= 4 is 11.7 Å². The van der Waals surface area contributed by atoms with E-state index in [1.54, 1.807) is 0 Å². The highest BCUT2D eigenvalue weighted by Crippen LogP contribution is 2.48. The number of fused-ring (bicyclic) bond motifs is 1. The maximum atomic E-state index is 12.2. The highest BCUT2D eigenvalue weighted by molar-refractivity contribution is 5.93. The van der Waals surface area contributed by atoms with Gasteiger partial charge in [0.25, 0.3) is 0 Å². The van der Waals surface area contributed by atoms with Crippen LogP contribution in [0.1, 0.15) is 31.4 Å². The van der Waals surface area contributed by atoms with Crippen LogP contribution in [0.2, 0.25) is 0 Å². The standard InChI is InChI=1S/C13H20N4O/c1-7-6-10(17-16-7)15-13(18)11-8-4-2-3-5-9(8)12(11)14/h6,8-9,11-12H,2-5,14H2,1H3,(H2,15,16,17,18)/t8-,9+,11-,12-/m0/s1. The quantitative estimate of drug-likeness (QED) is 0.740. The number of amides is 1. The smallest absolute Gasteiger partial charge is 0.230 e. The Morgan fingerprint density at radius 2 is 2.17 bits per heavy atom. The minimum Gasteiger partial charge on any atom is -0.327 e. The predicted molar refractivity (Wildman–Crippen MR) is 68.9 cm³/mol. The second kappa shape index (κ2) is 4.39. The van der Waals surface area contributed by atoms with Crippen LogP contribution in [-0.2, 0) is 4.79 Å². The van der Waals surface area contributed by atoms with Crippen LogP contribution in [0.25, 0.3) is 0 Å². The summed E-state index contributed by atoms with van der Waals surface area (Å²) < 4.78 is 0. The van der Waals surface area contributed by atoms with E-state index in [9.17, 15) is 4.79 Å². The zero-order valence-corrected chi connectivity index (χ0v) is 10.6. The topological polar surface area (TPSA) is 83.8 Å². The molecule has 0 saturated heterocycles. The third kappa shape index (κ3) is 1.82. The van der Waals surface area contributed by atoms with E-state index in [-0.39, 0.29) is 17.9 Å². The molecule has 2 saturated carbocycles. The van der Waals surface area contributed by atoms with Gasteiger partial charge in [0, 0.05) is 17.8 Å². The van der Waals surface area contributed by atoms with Gasteiger partial charge in [-0.05, 0) is 31.6 Å². The Hall–Kier alpha value is -1.36. The molecule has 0 spiro atoms. The molecule has 0 bridgehead atoms. The predicted octanol–water partition coefficient (Wildman–Crippen LogP) is 1.42. The van der Waals surface area contributed by atoms with E-state index in [1.165, 1.54) is 19.3 Å². The van der Waals surface area contributed by atoms with Crippen LogP contribution < -0.4 is 11.1 Å². The third-order valence-electron chi connectivity index (χ3n) is 4.51. The van der Waals surface area contributed by atoms with Crippen molar-refractivity contribution in [3.8, 4) is 0 Å². The van der Waals surface area contributed by atoms with E-state index >= 15 is 0 Å². The number of nitrogens with zero attached hydrogens (tertiary/aromatic N) is 1. The number of aromatic amines is 1. The number of nitrogens with one attached hydrogen (secondary N) is 2. The van der Waals surface area contributed by atoms with E-state index in [0.29, 0.717) is 17.7 Å². The van der Waals surface area contributed by atoms with E-state index < -0.39 is 0 Å². The molecule has 2 aliphatic carbocycles. The number of hydrogen-bond acceptors (Lipinski definition) is 3. The van der Waals surface area contributed by atoms with Gasteiger partial charge in [-0.1, -0.05) is 12.8 Å². The van der Waals surface area contributed by atoms with E-state index in [1.807, 2.05) is 13.0 Å². The lowest BCUT2D eigenvalue weighted by atomic mass is 9.55. The molecule has 3 rings (SSSR count). The Labute approximate surface area is 107 Å². The lowest BCUT2D eigenvalue weighted by Crippen LogP contribution is -2.61. The molecule has 0 aliphatic heterocycles. The van der Waals surface area contributed by atoms with Crippen LogP contribution in [0.4, 0.5) is 5.82 Å². The van der Waals surface area contributed by atoms with Crippen molar-refractivity contribution in [3.05, 3.63) is 11.8 Å². The molecule has 4 N–H and O–H groups in total. The fraction of sp³-hybridized carbons (Fsp3) is 0.692. The van der Waals surface area contributed by atoms with E-state index in [2.05, 4.69) is 15.5 Å². The highest BCUT2D eigenvalue weighted by Gasteiger charge is 2.52. The molecular formula is C13H20N4O. The van der Waals surface area contributed by atoms with Gasteiger partial charge < -0.3 is 11.1 Å². The minimum atomic E-state index is -0.0210. The van der Waals surface area contributed by atoms with Gasteiger partial charge in [-0.25, -0.2) is 0 Å². The van der Waals surface area contributed by atoms with Crippen LogP contribution >= 0.6 is 0 Å².